The van der Waals surface area contributed by atoms with Crippen molar-refractivity contribution in [1.82, 2.24) is 4.90 Å². The van der Waals surface area contributed by atoms with Gasteiger partial charge < -0.3 is 20.1 Å². The molecule has 21 heavy (non-hydrogen) atoms. The molecule has 0 aromatic carbocycles. The zero-order chi connectivity index (χ0) is 16.1. The highest BCUT2D eigenvalue weighted by Gasteiger charge is 2.19. The molecule has 2 N–H and O–H groups in total. The van der Waals surface area contributed by atoms with Crippen LogP contribution in [0.25, 0.3) is 0 Å². The quantitative estimate of drug-likeness (QED) is 0.528. The highest BCUT2D eigenvalue weighted by Crippen LogP contribution is 2.15. The lowest BCUT2D eigenvalue weighted by atomic mass is 9.94. The third-order valence-electron chi connectivity index (χ3n) is 3.37. The van der Waals surface area contributed by atoms with E-state index in [1.165, 1.54) is 0 Å². The van der Waals surface area contributed by atoms with Crippen LogP contribution in [-0.4, -0.2) is 56.9 Å². The standard InChI is InChI=1S/C16H34N2O3/c1-5-20-9-7-18(8-10-21-6-2)16(19)12-15(13-17)11-14(3)4/h14-15H,5-13,17H2,1-4H3. The van der Waals surface area contributed by atoms with Gasteiger partial charge in [0.15, 0.2) is 0 Å². The highest BCUT2D eigenvalue weighted by atomic mass is 16.5. The first kappa shape index (κ1) is 20.3. The van der Waals surface area contributed by atoms with Gasteiger partial charge in [0.25, 0.3) is 0 Å². The normalized spacial score (nSPS) is 12.7. The summed E-state index contributed by atoms with van der Waals surface area (Å²) in [6.45, 7) is 12.5. The van der Waals surface area contributed by atoms with Crippen LogP contribution in [0.2, 0.25) is 0 Å². The van der Waals surface area contributed by atoms with Crippen LogP contribution in [0.5, 0.6) is 0 Å². The van der Waals surface area contributed by atoms with Crippen molar-refractivity contribution < 1.29 is 14.3 Å². The molecule has 0 bridgehead atoms. The Morgan fingerprint density at radius 1 is 1.10 bits per heavy atom. The molecular weight excluding hydrogens is 268 g/mol. The Labute approximate surface area is 130 Å². The van der Waals surface area contributed by atoms with Crippen molar-refractivity contribution in [2.45, 2.75) is 40.5 Å². The molecule has 0 heterocycles. The van der Waals surface area contributed by atoms with Gasteiger partial charge in [0, 0.05) is 32.7 Å². The third-order valence-corrected chi connectivity index (χ3v) is 3.37. The van der Waals surface area contributed by atoms with Crippen molar-refractivity contribution in [3.8, 4) is 0 Å². The predicted molar refractivity (Wildman–Crippen MR) is 86.2 cm³/mol. The van der Waals surface area contributed by atoms with E-state index < -0.39 is 0 Å². The fraction of sp³-hybridized carbons (Fsp3) is 0.938. The first-order chi connectivity index (χ1) is 10.0. The Balaban J connectivity index is 4.37. The Morgan fingerprint density at radius 3 is 2.00 bits per heavy atom. The maximum absolute atomic E-state index is 12.4. The average molecular weight is 302 g/mol. The number of nitrogens with two attached hydrogens (primary N) is 1. The second kappa shape index (κ2) is 13.0. The molecular formula is C16H34N2O3. The minimum atomic E-state index is 0.158. The summed E-state index contributed by atoms with van der Waals surface area (Å²) in [5.74, 6) is 0.983. The number of hydrogen-bond acceptors (Lipinski definition) is 4. The van der Waals surface area contributed by atoms with Crippen molar-refractivity contribution in [2.24, 2.45) is 17.6 Å². The Bertz CT molecular complexity index is 250. The molecule has 0 radical (unpaired) electrons. The molecule has 1 unspecified atom stereocenters. The van der Waals surface area contributed by atoms with Crippen molar-refractivity contribution in [3.63, 3.8) is 0 Å². The van der Waals surface area contributed by atoms with E-state index in [2.05, 4.69) is 13.8 Å². The van der Waals surface area contributed by atoms with Crippen molar-refractivity contribution in [2.75, 3.05) is 46.1 Å². The van der Waals surface area contributed by atoms with Crippen molar-refractivity contribution in [3.05, 3.63) is 0 Å². The minimum absolute atomic E-state index is 0.158. The van der Waals surface area contributed by atoms with E-state index in [4.69, 9.17) is 15.2 Å². The molecule has 0 fully saturated rings. The number of ether oxygens (including phenoxy) is 2. The van der Waals surface area contributed by atoms with Crippen LogP contribution in [0.3, 0.4) is 0 Å². The van der Waals surface area contributed by atoms with Crippen molar-refractivity contribution >= 4 is 5.91 Å². The van der Waals surface area contributed by atoms with Gasteiger partial charge in [-0.1, -0.05) is 13.8 Å². The predicted octanol–water partition coefficient (Wildman–Crippen LogP) is 1.90. The van der Waals surface area contributed by atoms with E-state index >= 15 is 0 Å². The molecule has 0 aromatic heterocycles. The fourth-order valence-corrected chi connectivity index (χ4v) is 2.30. The van der Waals surface area contributed by atoms with Crippen LogP contribution < -0.4 is 5.73 Å². The van der Waals surface area contributed by atoms with Gasteiger partial charge in [0.05, 0.1) is 13.2 Å². The summed E-state index contributed by atoms with van der Waals surface area (Å²) in [4.78, 5) is 14.3. The van der Waals surface area contributed by atoms with Gasteiger partial charge >= 0.3 is 0 Å². The van der Waals surface area contributed by atoms with Crippen LogP contribution in [0.1, 0.15) is 40.5 Å². The molecule has 0 aliphatic heterocycles. The summed E-state index contributed by atoms with van der Waals surface area (Å²) in [5.41, 5.74) is 5.79. The van der Waals surface area contributed by atoms with E-state index in [0.29, 0.717) is 58.4 Å². The summed E-state index contributed by atoms with van der Waals surface area (Å²) in [6.07, 6.45) is 1.51. The maximum atomic E-state index is 12.4. The topological polar surface area (TPSA) is 64.8 Å². The number of carbonyl (C=O) groups is 1. The number of nitrogens with zero attached hydrogens (tertiary/aromatic N) is 1. The number of amides is 1. The third kappa shape index (κ3) is 10.7. The first-order valence-corrected chi connectivity index (χ1v) is 8.18. The average Bonchev–Trinajstić information content (AvgIpc) is 2.44. The molecule has 0 aliphatic rings. The summed E-state index contributed by atoms with van der Waals surface area (Å²) in [6, 6.07) is 0. The van der Waals surface area contributed by atoms with E-state index in [-0.39, 0.29) is 11.8 Å². The molecule has 0 saturated heterocycles. The lowest BCUT2D eigenvalue weighted by molar-refractivity contribution is -0.133. The van der Waals surface area contributed by atoms with Crippen molar-refractivity contribution in [1.29, 1.82) is 0 Å². The molecule has 1 amide bonds. The zero-order valence-corrected chi connectivity index (χ0v) is 14.3. The smallest absolute Gasteiger partial charge is 0.223 e. The molecule has 5 nitrogen and oxygen atoms in total. The Morgan fingerprint density at radius 2 is 1.62 bits per heavy atom. The van der Waals surface area contributed by atoms with Crippen LogP contribution >= 0.6 is 0 Å². The van der Waals surface area contributed by atoms with Gasteiger partial charge in [-0.2, -0.15) is 0 Å². The van der Waals surface area contributed by atoms with E-state index in [9.17, 15) is 4.79 Å². The first-order valence-electron chi connectivity index (χ1n) is 8.18. The van der Waals surface area contributed by atoms with Gasteiger partial charge in [-0.15, -0.1) is 0 Å². The SMILES string of the molecule is CCOCCN(CCOCC)C(=O)CC(CN)CC(C)C. The molecule has 126 valence electrons. The monoisotopic (exact) mass is 302 g/mol. The minimum Gasteiger partial charge on any atom is -0.380 e. The summed E-state index contributed by atoms with van der Waals surface area (Å²) < 4.78 is 10.7. The van der Waals surface area contributed by atoms with Crippen LogP contribution in [0.4, 0.5) is 0 Å². The van der Waals surface area contributed by atoms with E-state index in [1.54, 1.807) is 0 Å². The van der Waals surface area contributed by atoms with E-state index in [1.807, 2.05) is 18.7 Å². The van der Waals surface area contributed by atoms with Crippen LogP contribution in [-0.2, 0) is 14.3 Å². The van der Waals surface area contributed by atoms with Crippen LogP contribution in [0, 0.1) is 11.8 Å². The molecule has 0 aliphatic carbocycles. The Kier molecular flexibility index (Phi) is 12.6. The largest absolute Gasteiger partial charge is 0.380 e. The molecule has 0 spiro atoms. The molecule has 0 aromatic rings. The number of hydrogen-bond donors (Lipinski definition) is 1. The lowest BCUT2D eigenvalue weighted by Crippen LogP contribution is -2.38. The highest BCUT2D eigenvalue weighted by molar-refractivity contribution is 5.76. The molecule has 1 atom stereocenters. The molecule has 5 heteroatoms. The van der Waals surface area contributed by atoms with Gasteiger partial charge in [-0.25, -0.2) is 0 Å². The molecule has 0 saturated carbocycles. The summed E-state index contributed by atoms with van der Waals surface area (Å²) in [7, 11) is 0. The second-order valence-electron chi connectivity index (χ2n) is 5.71. The van der Waals surface area contributed by atoms with Gasteiger partial charge in [0.1, 0.15) is 0 Å². The maximum Gasteiger partial charge on any atom is 0.223 e. The second-order valence-corrected chi connectivity index (χ2v) is 5.71. The molecule has 0 rings (SSSR count). The van der Waals surface area contributed by atoms with Gasteiger partial charge in [-0.3, -0.25) is 4.79 Å². The summed E-state index contributed by atoms with van der Waals surface area (Å²) in [5, 5.41) is 0. The summed E-state index contributed by atoms with van der Waals surface area (Å²) >= 11 is 0. The number of rotatable bonds is 13. The zero-order valence-electron chi connectivity index (χ0n) is 14.3. The van der Waals surface area contributed by atoms with Crippen LogP contribution in [0.15, 0.2) is 0 Å². The van der Waals surface area contributed by atoms with Gasteiger partial charge in [0.2, 0.25) is 5.91 Å². The lowest BCUT2D eigenvalue weighted by Gasteiger charge is -2.25. The Hall–Kier alpha value is -0.650. The van der Waals surface area contributed by atoms with Gasteiger partial charge in [-0.05, 0) is 38.6 Å². The fourth-order valence-electron chi connectivity index (χ4n) is 2.30. The number of carbonyl (C=O) groups excluding carboxylic acids is 1. The van der Waals surface area contributed by atoms with E-state index in [0.717, 1.165) is 6.42 Å².